The number of sulfonamides is 1. The second-order valence-electron chi connectivity index (χ2n) is 3.71. The highest BCUT2D eigenvalue weighted by Gasteiger charge is 2.17. The standard InChI is InChI=1S/C10H15BrN2O3S2/c1-17(14)6-2-5-13-18(15,16)10-7-8(11)3-4-9(10)12/h3-4,7,13H,2,5-6,12H2,1H3. The minimum atomic E-state index is -3.62. The lowest BCUT2D eigenvalue weighted by Crippen LogP contribution is -2.26. The number of nitrogens with one attached hydrogen (secondary N) is 1. The summed E-state index contributed by atoms with van der Waals surface area (Å²) in [6.45, 7) is 0.244. The summed E-state index contributed by atoms with van der Waals surface area (Å²) in [6, 6.07) is 4.66. The van der Waals surface area contributed by atoms with Crippen molar-refractivity contribution in [2.75, 3.05) is 24.3 Å². The molecule has 0 saturated heterocycles. The predicted molar refractivity (Wildman–Crippen MR) is 77.3 cm³/mol. The number of nitrogen functional groups attached to an aromatic ring is 1. The van der Waals surface area contributed by atoms with Crippen LogP contribution in [-0.2, 0) is 20.8 Å². The van der Waals surface area contributed by atoms with Crippen LogP contribution in [-0.4, -0.2) is 31.2 Å². The Morgan fingerprint density at radius 1 is 1.44 bits per heavy atom. The Labute approximate surface area is 118 Å². The molecule has 3 N–H and O–H groups in total. The molecule has 0 aromatic heterocycles. The first-order chi connectivity index (χ1) is 8.33. The van der Waals surface area contributed by atoms with Crippen molar-refractivity contribution in [2.45, 2.75) is 11.3 Å². The average Bonchev–Trinajstić information content (AvgIpc) is 2.27. The first kappa shape index (κ1) is 15.6. The van der Waals surface area contributed by atoms with Crippen molar-refractivity contribution in [1.82, 2.24) is 4.72 Å². The van der Waals surface area contributed by atoms with Gasteiger partial charge in [0.2, 0.25) is 10.0 Å². The molecule has 0 aliphatic heterocycles. The van der Waals surface area contributed by atoms with Crippen LogP contribution in [0.15, 0.2) is 27.6 Å². The van der Waals surface area contributed by atoms with E-state index in [9.17, 15) is 12.6 Å². The molecule has 0 heterocycles. The van der Waals surface area contributed by atoms with Crippen molar-refractivity contribution in [3.05, 3.63) is 22.7 Å². The number of hydrogen-bond donors (Lipinski definition) is 2. The molecule has 0 aliphatic rings. The van der Waals surface area contributed by atoms with E-state index in [0.717, 1.165) is 0 Å². The van der Waals surface area contributed by atoms with Gasteiger partial charge in [-0.05, 0) is 24.6 Å². The van der Waals surface area contributed by atoms with E-state index in [1.165, 1.54) is 12.1 Å². The summed E-state index contributed by atoms with van der Waals surface area (Å²) in [4.78, 5) is 0.0505. The third-order valence-corrected chi connectivity index (χ3v) is 5.04. The Kier molecular flexibility index (Phi) is 5.77. The number of rotatable bonds is 6. The van der Waals surface area contributed by atoms with Gasteiger partial charge in [-0.15, -0.1) is 0 Å². The molecule has 1 atom stereocenters. The highest BCUT2D eigenvalue weighted by Crippen LogP contribution is 2.22. The Morgan fingerprint density at radius 2 is 2.11 bits per heavy atom. The van der Waals surface area contributed by atoms with Crippen molar-refractivity contribution in [1.29, 1.82) is 0 Å². The van der Waals surface area contributed by atoms with Gasteiger partial charge in [0.1, 0.15) is 4.90 Å². The Morgan fingerprint density at radius 3 is 2.72 bits per heavy atom. The quantitative estimate of drug-likeness (QED) is 0.590. The Hall–Kier alpha value is -0.440. The number of hydrogen-bond acceptors (Lipinski definition) is 4. The maximum absolute atomic E-state index is 12.0. The van der Waals surface area contributed by atoms with Gasteiger partial charge < -0.3 is 5.73 Å². The fraction of sp³-hybridized carbons (Fsp3) is 0.400. The largest absolute Gasteiger partial charge is 0.398 e. The van der Waals surface area contributed by atoms with E-state index >= 15 is 0 Å². The van der Waals surface area contributed by atoms with Crippen molar-refractivity contribution in [2.24, 2.45) is 0 Å². The van der Waals surface area contributed by atoms with E-state index in [-0.39, 0.29) is 17.1 Å². The molecule has 1 unspecified atom stereocenters. The first-order valence-electron chi connectivity index (χ1n) is 5.17. The van der Waals surface area contributed by atoms with Gasteiger partial charge in [0, 0.05) is 33.8 Å². The molecule has 8 heteroatoms. The maximum atomic E-state index is 12.0. The molecule has 0 radical (unpaired) electrons. The number of benzene rings is 1. The fourth-order valence-electron chi connectivity index (χ4n) is 1.30. The van der Waals surface area contributed by atoms with Crippen LogP contribution in [0, 0.1) is 0 Å². The van der Waals surface area contributed by atoms with Crippen LogP contribution >= 0.6 is 15.9 Å². The monoisotopic (exact) mass is 354 g/mol. The minimum Gasteiger partial charge on any atom is -0.398 e. The van der Waals surface area contributed by atoms with Crippen molar-refractivity contribution >= 4 is 42.4 Å². The summed E-state index contributed by atoms with van der Waals surface area (Å²) in [5.41, 5.74) is 5.84. The van der Waals surface area contributed by atoms with Crippen LogP contribution in [0.4, 0.5) is 5.69 Å². The third kappa shape index (κ3) is 4.68. The summed E-state index contributed by atoms with van der Waals surface area (Å²) >= 11 is 3.20. The predicted octanol–water partition coefficient (Wildman–Crippen LogP) is 1.08. The maximum Gasteiger partial charge on any atom is 0.242 e. The Balaban J connectivity index is 2.74. The van der Waals surface area contributed by atoms with E-state index < -0.39 is 20.8 Å². The fourth-order valence-corrected chi connectivity index (χ4v) is 3.59. The van der Waals surface area contributed by atoms with E-state index in [0.29, 0.717) is 16.6 Å². The molecule has 0 amide bonds. The molecule has 5 nitrogen and oxygen atoms in total. The van der Waals surface area contributed by atoms with Gasteiger partial charge in [-0.3, -0.25) is 4.21 Å². The molecule has 1 rings (SSSR count). The summed E-state index contributed by atoms with van der Waals surface area (Å²) in [6.07, 6.45) is 2.11. The van der Waals surface area contributed by atoms with E-state index in [1.807, 2.05) is 0 Å². The zero-order valence-electron chi connectivity index (χ0n) is 9.85. The van der Waals surface area contributed by atoms with Crippen molar-refractivity contribution in [3.8, 4) is 0 Å². The van der Waals surface area contributed by atoms with Crippen LogP contribution in [0.5, 0.6) is 0 Å². The van der Waals surface area contributed by atoms with E-state index in [1.54, 1.807) is 12.3 Å². The average molecular weight is 355 g/mol. The summed E-state index contributed by atoms with van der Waals surface area (Å²) in [7, 11) is -4.53. The highest BCUT2D eigenvalue weighted by molar-refractivity contribution is 9.10. The van der Waals surface area contributed by atoms with E-state index in [2.05, 4.69) is 20.7 Å². The molecular weight excluding hydrogens is 340 g/mol. The highest BCUT2D eigenvalue weighted by atomic mass is 79.9. The number of nitrogens with two attached hydrogens (primary N) is 1. The molecule has 0 fully saturated rings. The van der Waals surface area contributed by atoms with Crippen LogP contribution < -0.4 is 10.5 Å². The van der Waals surface area contributed by atoms with Gasteiger partial charge in [-0.2, -0.15) is 0 Å². The van der Waals surface area contributed by atoms with Crippen LogP contribution in [0.25, 0.3) is 0 Å². The van der Waals surface area contributed by atoms with Crippen molar-refractivity contribution in [3.63, 3.8) is 0 Å². The molecule has 1 aromatic rings. The molecule has 0 aliphatic carbocycles. The molecule has 1 aromatic carbocycles. The normalized spacial score (nSPS) is 13.4. The summed E-state index contributed by atoms with van der Waals surface area (Å²) < 4.78 is 37.8. The molecule has 0 spiro atoms. The van der Waals surface area contributed by atoms with Gasteiger partial charge >= 0.3 is 0 Å². The van der Waals surface area contributed by atoms with Gasteiger partial charge in [0.05, 0.1) is 5.69 Å². The summed E-state index contributed by atoms with van der Waals surface area (Å²) in [5, 5.41) is 0. The molecular formula is C10H15BrN2O3S2. The lowest BCUT2D eigenvalue weighted by Gasteiger charge is -2.09. The topological polar surface area (TPSA) is 89.3 Å². The van der Waals surface area contributed by atoms with Crippen LogP contribution in [0.1, 0.15) is 6.42 Å². The smallest absolute Gasteiger partial charge is 0.242 e. The molecule has 102 valence electrons. The van der Waals surface area contributed by atoms with Gasteiger partial charge in [0.25, 0.3) is 0 Å². The molecule has 0 bridgehead atoms. The van der Waals surface area contributed by atoms with Crippen LogP contribution in [0.3, 0.4) is 0 Å². The van der Waals surface area contributed by atoms with Gasteiger partial charge in [-0.25, -0.2) is 13.1 Å². The lowest BCUT2D eigenvalue weighted by atomic mass is 10.3. The first-order valence-corrected chi connectivity index (χ1v) is 9.18. The minimum absolute atomic E-state index is 0.0505. The number of halogens is 1. The van der Waals surface area contributed by atoms with Gasteiger partial charge in [0.15, 0.2) is 0 Å². The SMILES string of the molecule is CS(=O)CCCNS(=O)(=O)c1cc(Br)ccc1N. The lowest BCUT2D eigenvalue weighted by molar-refractivity contribution is 0.581. The molecule has 0 saturated carbocycles. The Bertz CT molecular complexity index is 546. The molecule has 18 heavy (non-hydrogen) atoms. The van der Waals surface area contributed by atoms with Gasteiger partial charge in [-0.1, -0.05) is 15.9 Å². The van der Waals surface area contributed by atoms with Crippen molar-refractivity contribution < 1.29 is 12.6 Å². The summed E-state index contributed by atoms with van der Waals surface area (Å²) in [5.74, 6) is 0.469. The number of anilines is 1. The zero-order valence-corrected chi connectivity index (χ0v) is 13.1. The van der Waals surface area contributed by atoms with E-state index in [4.69, 9.17) is 5.73 Å². The second kappa shape index (κ2) is 6.65. The second-order valence-corrected chi connectivity index (χ2v) is 7.92. The zero-order chi connectivity index (χ0) is 13.8. The third-order valence-electron chi connectivity index (χ3n) is 2.17. The van der Waals surface area contributed by atoms with Crippen LogP contribution in [0.2, 0.25) is 0 Å².